The molecule has 1 amide bonds. The molecule has 0 saturated heterocycles. The number of nitrogens with one attached hydrogen (secondary N) is 1. The number of rotatable bonds is 4. The zero-order valence-corrected chi connectivity index (χ0v) is 13.6. The number of aromatic nitrogens is 1. The van der Waals surface area contributed by atoms with Crippen LogP contribution in [-0.4, -0.2) is 17.6 Å². The number of pyridine rings is 1. The van der Waals surface area contributed by atoms with Gasteiger partial charge in [0, 0.05) is 13.0 Å². The molecule has 2 rings (SSSR count). The van der Waals surface area contributed by atoms with Gasteiger partial charge in [-0.05, 0) is 17.7 Å². The van der Waals surface area contributed by atoms with Gasteiger partial charge in [-0.15, -0.1) is 0 Å². The molecule has 136 valence electrons. The lowest BCUT2D eigenvalue weighted by Crippen LogP contribution is -2.24. The number of hydrogen-bond acceptors (Lipinski definition) is 4. The zero-order chi connectivity index (χ0) is 19.0. The first kappa shape index (κ1) is 19.1. The van der Waals surface area contributed by atoms with Crippen molar-refractivity contribution in [1.82, 2.24) is 10.3 Å². The molecule has 0 aliphatic heterocycles. The van der Waals surface area contributed by atoms with Gasteiger partial charge >= 0.3 is 12.3 Å². The van der Waals surface area contributed by atoms with Gasteiger partial charge in [0.2, 0.25) is 0 Å². The van der Waals surface area contributed by atoms with Crippen molar-refractivity contribution in [3.8, 4) is 11.8 Å². The van der Waals surface area contributed by atoms with Crippen molar-refractivity contribution in [2.24, 2.45) is 0 Å². The average molecular weight is 363 g/mol. The molecule has 26 heavy (non-hydrogen) atoms. The minimum atomic E-state index is -4.64. The third-order valence-electron chi connectivity index (χ3n) is 3.14. The molecule has 8 heteroatoms. The number of amides is 1. The largest absolute Gasteiger partial charge is 0.445 e. The predicted molar refractivity (Wildman–Crippen MR) is 89.8 cm³/mol. The third kappa shape index (κ3) is 6.02. The maximum absolute atomic E-state index is 12.9. The maximum atomic E-state index is 12.9. The number of nitrogen functional groups attached to an aromatic ring is 1. The molecule has 3 N–H and O–H groups in total. The summed E-state index contributed by atoms with van der Waals surface area (Å²) in [7, 11) is 0. The van der Waals surface area contributed by atoms with E-state index in [-0.39, 0.29) is 31.0 Å². The van der Waals surface area contributed by atoms with E-state index in [1.54, 1.807) is 0 Å². The third-order valence-corrected chi connectivity index (χ3v) is 3.14. The van der Waals surface area contributed by atoms with Gasteiger partial charge < -0.3 is 15.8 Å². The second-order valence-electron chi connectivity index (χ2n) is 5.17. The number of nitrogens with two attached hydrogens (primary N) is 1. The number of ether oxygens (including phenoxy) is 1. The summed E-state index contributed by atoms with van der Waals surface area (Å²) in [5.41, 5.74) is 4.74. The highest BCUT2D eigenvalue weighted by atomic mass is 19.4. The molecule has 0 aliphatic carbocycles. The first-order chi connectivity index (χ1) is 12.4. The van der Waals surface area contributed by atoms with Crippen LogP contribution in [-0.2, 0) is 17.5 Å². The van der Waals surface area contributed by atoms with Gasteiger partial charge in [-0.3, -0.25) is 0 Å². The number of alkyl halides is 3. The van der Waals surface area contributed by atoms with Crippen LogP contribution in [0.25, 0.3) is 0 Å². The molecule has 0 atom stereocenters. The highest BCUT2D eigenvalue weighted by molar-refractivity contribution is 5.67. The van der Waals surface area contributed by atoms with E-state index >= 15 is 0 Å². The van der Waals surface area contributed by atoms with Crippen LogP contribution < -0.4 is 11.1 Å². The standard InChI is InChI=1S/C18H16F3N3O2/c19-18(20,21)16-14(9-10-15(22)24-16)8-4-5-11-23-17(25)26-12-13-6-2-1-3-7-13/h1-3,6-7,9-10H,5,11-12H2,(H2,22,24)(H,23,25). The number of carbonyl (C=O) groups excluding carboxylic acids is 1. The highest BCUT2D eigenvalue weighted by Crippen LogP contribution is 2.30. The molecule has 0 bridgehead atoms. The Hall–Kier alpha value is -3.21. The lowest BCUT2D eigenvalue weighted by molar-refractivity contribution is -0.141. The number of alkyl carbamates (subject to hydrolysis) is 1. The van der Waals surface area contributed by atoms with E-state index in [4.69, 9.17) is 10.5 Å². The molecule has 5 nitrogen and oxygen atoms in total. The highest BCUT2D eigenvalue weighted by Gasteiger charge is 2.35. The Balaban J connectivity index is 1.81. The van der Waals surface area contributed by atoms with E-state index in [2.05, 4.69) is 22.1 Å². The molecular weight excluding hydrogens is 347 g/mol. The van der Waals surface area contributed by atoms with Gasteiger partial charge in [-0.25, -0.2) is 9.78 Å². The van der Waals surface area contributed by atoms with Crippen LogP contribution in [0, 0.1) is 11.8 Å². The van der Waals surface area contributed by atoms with Crippen molar-refractivity contribution in [1.29, 1.82) is 0 Å². The lowest BCUT2D eigenvalue weighted by atomic mass is 10.2. The second kappa shape index (κ2) is 8.76. The Morgan fingerprint density at radius 2 is 1.92 bits per heavy atom. The Labute approximate surface area is 148 Å². The normalized spacial score (nSPS) is 10.6. The molecule has 0 radical (unpaired) electrons. The van der Waals surface area contributed by atoms with Crippen molar-refractivity contribution < 1.29 is 22.7 Å². The number of anilines is 1. The fourth-order valence-electron chi connectivity index (χ4n) is 1.95. The summed E-state index contributed by atoms with van der Waals surface area (Å²) in [6.07, 6.45) is -5.11. The predicted octanol–water partition coefficient (Wildman–Crippen LogP) is 3.35. The number of hydrogen-bond donors (Lipinski definition) is 2. The van der Waals surface area contributed by atoms with Crippen LogP contribution >= 0.6 is 0 Å². The Morgan fingerprint density at radius 3 is 2.62 bits per heavy atom. The fraction of sp³-hybridized carbons (Fsp3) is 0.222. The van der Waals surface area contributed by atoms with Crippen LogP contribution in [0.15, 0.2) is 42.5 Å². The number of halogens is 3. The summed E-state index contributed by atoms with van der Waals surface area (Å²) in [5.74, 6) is 4.73. The van der Waals surface area contributed by atoms with Crippen molar-refractivity contribution >= 4 is 11.9 Å². The van der Waals surface area contributed by atoms with Crippen molar-refractivity contribution in [3.05, 3.63) is 59.3 Å². The van der Waals surface area contributed by atoms with Crippen LogP contribution in [0.4, 0.5) is 23.8 Å². The first-order valence-corrected chi connectivity index (χ1v) is 7.63. The van der Waals surface area contributed by atoms with Crippen molar-refractivity contribution in [2.75, 3.05) is 12.3 Å². The smallest absolute Gasteiger partial charge is 0.434 e. The van der Waals surface area contributed by atoms with E-state index < -0.39 is 18.0 Å². The van der Waals surface area contributed by atoms with E-state index in [1.807, 2.05) is 30.3 Å². The number of carbonyl (C=O) groups is 1. The molecule has 0 fully saturated rings. The Kier molecular flexibility index (Phi) is 6.44. The summed E-state index contributed by atoms with van der Waals surface area (Å²) in [6.45, 7) is 0.273. The zero-order valence-electron chi connectivity index (χ0n) is 13.6. The molecule has 0 spiro atoms. The number of benzene rings is 1. The van der Waals surface area contributed by atoms with Gasteiger partial charge in [0.25, 0.3) is 0 Å². The van der Waals surface area contributed by atoms with Gasteiger partial charge in [0.1, 0.15) is 12.4 Å². The van der Waals surface area contributed by atoms with Crippen molar-refractivity contribution in [3.63, 3.8) is 0 Å². The first-order valence-electron chi connectivity index (χ1n) is 7.63. The molecule has 1 aromatic carbocycles. The SMILES string of the molecule is Nc1ccc(C#CCCNC(=O)OCc2ccccc2)c(C(F)(F)F)n1. The Bertz CT molecular complexity index is 812. The monoisotopic (exact) mass is 363 g/mol. The van der Waals surface area contributed by atoms with Gasteiger partial charge in [-0.1, -0.05) is 42.2 Å². The van der Waals surface area contributed by atoms with Gasteiger partial charge in [0.05, 0.1) is 5.56 Å². The molecule has 0 saturated carbocycles. The summed E-state index contributed by atoms with van der Waals surface area (Å²) in [4.78, 5) is 14.8. The minimum Gasteiger partial charge on any atom is -0.445 e. The van der Waals surface area contributed by atoms with E-state index in [1.165, 1.54) is 12.1 Å². The van der Waals surface area contributed by atoms with E-state index in [0.717, 1.165) is 5.56 Å². The molecule has 1 aromatic heterocycles. The second-order valence-corrected chi connectivity index (χ2v) is 5.17. The summed E-state index contributed by atoms with van der Waals surface area (Å²) in [6, 6.07) is 11.6. The molecule has 2 aromatic rings. The average Bonchev–Trinajstić information content (AvgIpc) is 2.61. The Morgan fingerprint density at radius 1 is 1.19 bits per heavy atom. The van der Waals surface area contributed by atoms with E-state index in [9.17, 15) is 18.0 Å². The van der Waals surface area contributed by atoms with Gasteiger partial charge in [0.15, 0.2) is 5.69 Å². The maximum Gasteiger partial charge on any atom is 0.434 e. The summed E-state index contributed by atoms with van der Waals surface area (Å²) < 4.78 is 43.6. The van der Waals surface area contributed by atoms with Crippen LogP contribution in [0.5, 0.6) is 0 Å². The fourth-order valence-corrected chi connectivity index (χ4v) is 1.95. The van der Waals surface area contributed by atoms with Crippen molar-refractivity contribution in [2.45, 2.75) is 19.2 Å². The minimum absolute atomic E-state index is 0.129. The summed E-state index contributed by atoms with van der Waals surface area (Å²) in [5, 5.41) is 2.47. The molecule has 1 heterocycles. The lowest BCUT2D eigenvalue weighted by Gasteiger charge is -2.08. The summed E-state index contributed by atoms with van der Waals surface area (Å²) >= 11 is 0. The molecule has 0 unspecified atom stereocenters. The topological polar surface area (TPSA) is 77.2 Å². The van der Waals surface area contributed by atoms with Crippen LogP contribution in [0.1, 0.15) is 23.2 Å². The molecular formula is C18H16F3N3O2. The number of nitrogens with zero attached hydrogens (tertiary/aromatic N) is 1. The van der Waals surface area contributed by atoms with Gasteiger partial charge in [-0.2, -0.15) is 13.2 Å². The molecule has 0 aliphatic rings. The quantitative estimate of drug-likeness (QED) is 0.645. The van der Waals surface area contributed by atoms with E-state index in [0.29, 0.717) is 0 Å². The van der Waals surface area contributed by atoms with Crippen LogP contribution in [0.3, 0.4) is 0 Å². The van der Waals surface area contributed by atoms with Crippen LogP contribution in [0.2, 0.25) is 0 Å².